The molecule has 0 unspecified atom stereocenters. The fraction of sp³-hybridized carbons (Fsp3) is 0.500. The van der Waals surface area contributed by atoms with E-state index in [1.165, 1.54) is 12.8 Å². The Morgan fingerprint density at radius 3 is 2.95 bits per heavy atom. The van der Waals surface area contributed by atoms with E-state index in [2.05, 4.69) is 20.6 Å². The third-order valence-electron chi connectivity index (χ3n) is 3.27. The minimum atomic E-state index is 0.606. The molecule has 2 aromatic rings. The molecule has 0 atom stereocenters. The fourth-order valence-corrected chi connectivity index (χ4v) is 2.10. The minimum absolute atomic E-state index is 0.606. The first-order valence-corrected chi connectivity index (χ1v) is 6.87. The molecule has 0 spiro atoms. The molecule has 1 fully saturated rings. The molecule has 0 aliphatic heterocycles. The Hall–Kier alpha value is -1.95. The van der Waals surface area contributed by atoms with Gasteiger partial charge in [-0.1, -0.05) is 5.21 Å². The second kappa shape index (κ2) is 5.58. The lowest BCUT2D eigenvalue weighted by Gasteiger charge is -2.05. The van der Waals surface area contributed by atoms with Crippen LogP contribution >= 0.6 is 0 Å². The number of hydrogen-bond acceptors (Lipinski definition) is 5. The summed E-state index contributed by atoms with van der Waals surface area (Å²) in [6.45, 7) is 3.35. The van der Waals surface area contributed by atoms with Gasteiger partial charge in [0.2, 0.25) is 0 Å². The second-order valence-electron chi connectivity index (χ2n) is 5.20. The predicted molar refractivity (Wildman–Crippen MR) is 74.5 cm³/mol. The highest BCUT2D eigenvalue weighted by molar-refractivity contribution is 5.26. The zero-order chi connectivity index (χ0) is 13.9. The Morgan fingerprint density at radius 1 is 1.35 bits per heavy atom. The molecule has 6 heteroatoms. The largest absolute Gasteiger partial charge is 0.497 e. The molecule has 0 bridgehead atoms. The molecule has 1 N–H and O–H groups in total. The van der Waals surface area contributed by atoms with Crippen molar-refractivity contribution in [3.63, 3.8) is 0 Å². The van der Waals surface area contributed by atoms with Crippen LogP contribution in [0.1, 0.15) is 29.9 Å². The van der Waals surface area contributed by atoms with Crippen LogP contribution in [0.3, 0.4) is 0 Å². The molecule has 0 radical (unpaired) electrons. The molecule has 3 rings (SSSR count). The van der Waals surface area contributed by atoms with Gasteiger partial charge in [-0.25, -0.2) is 4.68 Å². The van der Waals surface area contributed by atoms with Crippen molar-refractivity contribution < 1.29 is 4.74 Å². The number of aromatic nitrogens is 4. The van der Waals surface area contributed by atoms with Crippen molar-refractivity contribution in [2.75, 3.05) is 7.11 Å². The van der Waals surface area contributed by atoms with E-state index in [1.807, 2.05) is 29.9 Å². The number of nitrogens with one attached hydrogen (secondary N) is 1. The number of methoxy groups -OCH3 is 1. The molecule has 0 aromatic carbocycles. The van der Waals surface area contributed by atoms with Gasteiger partial charge in [0, 0.05) is 30.4 Å². The smallest absolute Gasteiger partial charge is 0.122 e. The molecule has 1 saturated carbocycles. The monoisotopic (exact) mass is 273 g/mol. The van der Waals surface area contributed by atoms with E-state index in [9.17, 15) is 0 Å². The molecule has 6 nitrogen and oxygen atoms in total. The summed E-state index contributed by atoms with van der Waals surface area (Å²) in [5.41, 5.74) is 2.83. The van der Waals surface area contributed by atoms with Crippen LogP contribution in [0.4, 0.5) is 0 Å². The second-order valence-corrected chi connectivity index (χ2v) is 5.20. The molecule has 0 amide bonds. The molecular formula is C14H19N5O. The van der Waals surface area contributed by atoms with Gasteiger partial charge >= 0.3 is 0 Å². The average Bonchev–Trinajstić information content (AvgIpc) is 3.16. The molecule has 106 valence electrons. The minimum Gasteiger partial charge on any atom is -0.497 e. The number of aryl methyl sites for hydroxylation is 1. The van der Waals surface area contributed by atoms with Crippen molar-refractivity contribution in [1.82, 2.24) is 25.3 Å². The summed E-state index contributed by atoms with van der Waals surface area (Å²) in [4.78, 5) is 4.49. The summed E-state index contributed by atoms with van der Waals surface area (Å²) < 4.78 is 7.07. The van der Waals surface area contributed by atoms with Crippen LogP contribution in [0.25, 0.3) is 0 Å². The van der Waals surface area contributed by atoms with E-state index in [1.54, 1.807) is 7.11 Å². The maximum Gasteiger partial charge on any atom is 0.122 e. The fourth-order valence-electron chi connectivity index (χ4n) is 2.10. The molecule has 20 heavy (non-hydrogen) atoms. The summed E-state index contributed by atoms with van der Waals surface area (Å²) in [6, 6.07) is 4.52. The normalized spacial score (nSPS) is 14.5. The van der Waals surface area contributed by atoms with Crippen molar-refractivity contribution in [3.05, 3.63) is 35.4 Å². The molecule has 2 heterocycles. The van der Waals surface area contributed by atoms with E-state index >= 15 is 0 Å². The Bertz CT molecular complexity index is 591. The van der Waals surface area contributed by atoms with E-state index in [4.69, 9.17) is 4.74 Å². The van der Waals surface area contributed by atoms with Crippen molar-refractivity contribution in [1.29, 1.82) is 0 Å². The van der Waals surface area contributed by atoms with Crippen molar-refractivity contribution in [2.24, 2.45) is 0 Å². The van der Waals surface area contributed by atoms with Gasteiger partial charge in [-0.3, -0.25) is 4.98 Å². The molecule has 1 aliphatic rings. The lowest BCUT2D eigenvalue weighted by molar-refractivity contribution is 0.412. The number of ether oxygens (including phenoxy) is 1. The molecule has 2 aromatic heterocycles. The summed E-state index contributed by atoms with van der Waals surface area (Å²) >= 11 is 0. The van der Waals surface area contributed by atoms with Crippen LogP contribution in [0.2, 0.25) is 0 Å². The maximum absolute atomic E-state index is 5.26. The van der Waals surface area contributed by atoms with Crippen LogP contribution < -0.4 is 10.1 Å². The first kappa shape index (κ1) is 13.1. The van der Waals surface area contributed by atoms with Gasteiger partial charge in [0.1, 0.15) is 5.75 Å². The van der Waals surface area contributed by atoms with Gasteiger partial charge in [-0.2, -0.15) is 0 Å². The van der Waals surface area contributed by atoms with E-state index < -0.39 is 0 Å². The number of nitrogens with zero attached hydrogens (tertiary/aromatic N) is 4. The lowest BCUT2D eigenvalue weighted by atomic mass is 10.3. The Kier molecular flexibility index (Phi) is 3.64. The average molecular weight is 273 g/mol. The van der Waals surface area contributed by atoms with Gasteiger partial charge in [-0.05, 0) is 19.8 Å². The SMILES string of the molecule is COc1cc(C)nc(Cn2cc(CNC3CC3)nn2)c1. The van der Waals surface area contributed by atoms with Gasteiger partial charge < -0.3 is 10.1 Å². The van der Waals surface area contributed by atoms with E-state index in [0.717, 1.165) is 29.4 Å². The highest BCUT2D eigenvalue weighted by atomic mass is 16.5. The summed E-state index contributed by atoms with van der Waals surface area (Å²) in [6.07, 6.45) is 4.52. The van der Waals surface area contributed by atoms with Crippen molar-refractivity contribution in [2.45, 2.75) is 38.9 Å². The third kappa shape index (κ3) is 3.33. The third-order valence-corrected chi connectivity index (χ3v) is 3.27. The highest BCUT2D eigenvalue weighted by Crippen LogP contribution is 2.19. The predicted octanol–water partition coefficient (Wildman–Crippen LogP) is 1.29. The topological polar surface area (TPSA) is 64.9 Å². The Labute approximate surface area is 118 Å². The van der Waals surface area contributed by atoms with Crippen LogP contribution in [0, 0.1) is 6.92 Å². The van der Waals surface area contributed by atoms with Gasteiger partial charge in [0.15, 0.2) is 0 Å². The van der Waals surface area contributed by atoms with Crippen LogP contribution in [0.5, 0.6) is 5.75 Å². The quantitative estimate of drug-likeness (QED) is 0.859. The molecule has 0 saturated heterocycles. The summed E-state index contributed by atoms with van der Waals surface area (Å²) in [5.74, 6) is 0.822. The lowest BCUT2D eigenvalue weighted by Crippen LogP contribution is -2.15. The maximum atomic E-state index is 5.26. The standard InChI is InChI=1S/C14H19N5O/c1-10-5-14(20-2)6-12(16-10)8-19-9-13(17-18-19)7-15-11-3-4-11/h5-6,9,11,15H,3-4,7-8H2,1-2H3. The van der Waals surface area contributed by atoms with Crippen LogP contribution in [0.15, 0.2) is 18.3 Å². The number of rotatable bonds is 6. The van der Waals surface area contributed by atoms with Crippen LogP contribution in [-0.2, 0) is 13.1 Å². The van der Waals surface area contributed by atoms with Crippen molar-refractivity contribution in [3.8, 4) is 5.75 Å². The summed E-state index contributed by atoms with van der Waals surface area (Å²) in [7, 11) is 1.66. The van der Waals surface area contributed by atoms with E-state index in [-0.39, 0.29) is 0 Å². The molecule has 1 aliphatic carbocycles. The highest BCUT2D eigenvalue weighted by Gasteiger charge is 2.20. The van der Waals surface area contributed by atoms with E-state index in [0.29, 0.717) is 12.6 Å². The van der Waals surface area contributed by atoms with Crippen LogP contribution in [-0.4, -0.2) is 33.1 Å². The number of hydrogen-bond donors (Lipinski definition) is 1. The number of pyridine rings is 1. The molecular weight excluding hydrogens is 254 g/mol. The first-order valence-electron chi connectivity index (χ1n) is 6.87. The van der Waals surface area contributed by atoms with Gasteiger partial charge in [-0.15, -0.1) is 5.10 Å². The zero-order valence-corrected chi connectivity index (χ0v) is 11.8. The van der Waals surface area contributed by atoms with Gasteiger partial charge in [0.25, 0.3) is 0 Å². The summed E-state index contributed by atoms with van der Waals surface area (Å²) in [5, 5.41) is 11.7. The zero-order valence-electron chi connectivity index (χ0n) is 11.8. The Balaban J connectivity index is 1.65. The Morgan fingerprint density at radius 2 is 2.20 bits per heavy atom. The first-order chi connectivity index (χ1) is 9.72. The van der Waals surface area contributed by atoms with Crippen molar-refractivity contribution >= 4 is 0 Å². The van der Waals surface area contributed by atoms with Gasteiger partial charge in [0.05, 0.1) is 31.2 Å².